The molecule has 1 aliphatic rings. The highest BCUT2D eigenvalue weighted by atomic mass is 79.9. The molecule has 5 heteroatoms. The summed E-state index contributed by atoms with van der Waals surface area (Å²) in [5, 5.41) is 3.50. The third-order valence-corrected chi connectivity index (χ3v) is 4.08. The Hall–Kier alpha value is -0.940. The van der Waals surface area contributed by atoms with E-state index in [1.807, 2.05) is 6.07 Å². The van der Waals surface area contributed by atoms with E-state index in [0.717, 1.165) is 40.3 Å². The molecule has 2 rings (SSSR count). The van der Waals surface area contributed by atoms with Crippen LogP contribution in [0.3, 0.4) is 0 Å². The SMILES string of the molecule is COc1cc(Br)c(OC)c(CC2CCCN2)c1OC. The number of rotatable bonds is 5. The third kappa shape index (κ3) is 2.98. The monoisotopic (exact) mass is 329 g/mol. The summed E-state index contributed by atoms with van der Waals surface area (Å²) in [5.74, 6) is 2.31. The molecule has 4 nitrogen and oxygen atoms in total. The summed E-state index contributed by atoms with van der Waals surface area (Å²) in [6.45, 7) is 1.08. The van der Waals surface area contributed by atoms with Crippen molar-refractivity contribution in [1.29, 1.82) is 0 Å². The zero-order valence-corrected chi connectivity index (χ0v) is 13.2. The van der Waals surface area contributed by atoms with Gasteiger partial charge in [-0.25, -0.2) is 0 Å². The van der Waals surface area contributed by atoms with Crippen LogP contribution < -0.4 is 19.5 Å². The molecular weight excluding hydrogens is 310 g/mol. The van der Waals surface area contributed by atoms with Crippen LogP contribution >= 0.6 is 15.9 Å². The zero-order chi connectivity index (χ0) is 13.8. The fraction of sp³-hybridized carbons (Fsp3) is 0.571. The molecule has 1 aliphatic heterocycles. The average molecular weight is 330 g/mol. The minimum atomic E-state index is 0.474. The lowest BCUT2D eigenvalue weighted by Gasteiger charge is -2.20. The van der Waals surface area contributed by atoms with Gasteiger partial charge in [-0.05, 0) is 41.7 Å². The van der Waals surface area contributed by atoms with Crippen LogP contribution in [-0.2, 0) is 6.42 Å². The largest absolute Gasteiger partial charge is 0.495 e. The van der Waals surface area contributed by atoms with Gasteiger partial charge >= 0.3 is 0 Å². The zero-order valence-electron chi connectivity index (χ0n) is 11.6. The lowest BCUT2D eigenvalue weighted by molar-refractivity contribution is 0.340. The van der Waals surface area contributed by atoms with Crippen LogP contribution in [0.1, 0.15) is 18.4 Å². The second-order valence-electron chi connectivity index (χ2n) is 4.60. The van der Waals surface area contributed by atoms with Crippen LogP contribution in [-0.4, -0.2) is 33.9 Å². The highest BCUT2D eigenvalue weighted by Gasteiger charge is 2.24. The Balaban J connectivity index is 2.43. The van der Waals surface area contributed by atoms with Crippen LogP contribution in [0.15, 0.2) is 10.5 Å². The van der Waals surface area contributed by atoms with E-state index in [9.17, 15) is 0 Å². The van der Waals surface area contributed by atoms with E-state index in [1.165, 1.54) is 12.8 Å². The van der Waals surface area contributed by atoms with Crippen LogP contribution in [0.5, 0.6) is 17.2 Å². The summed E-state index contributed by atoms with van der Waals surface area (Å²) in [6.07, 6.45) is 3.28. The summed E-state index contributed by atoms with van der Waals surface area (Å²) in [6, 6.07) is 2.35. The van der Waals surface area contributed by atoms with Crippen molar-refractivity contribution in [3.05, 3.63) is 16.1 Å². The van der Waals surface area contributed by atoms with Gasteiger partial charge in [-0.1, -0.05) is 0 Å². The molecule has 1 unspecified atom stereocenters. The lowest BCUT2D eigenvalue weighted by Crippen LogP contribution is -2.24. The van der Waals surface area contributed by atoms with Gasteiger partial charge in [0, 0.05) is 17.7 Å². The van der Waals surface area contributed by atoms with Gasteiger partial charge in [0.2, 0.25) is 0 Å². The minimum Gasteiger partial charge on any atom is -0.495 e. The van der Waals surface area contributed by atoms with Gasteiger partial charge in [0.05, 0.1) is 25.8 Å². The van der Waals surface area contributed by atoms with E-state index < -0.39 is 0 Å². The molecule has 19 heavy (non-hydrogen) atoms. The summed E-state index contributed by atoms with van der Waals surface area (Å²) < 4.78 is 17.3. The van der Waals surface area contributed by atoms with Gasteiger partial charge in [-0.3, -0.25) is 0 Å². The molecule has 0 saturated carbocycles. The molecule has 1 heterocycles. The van der Waals surface area contributed by atoms with Crippen molar-refractivity contribution < 1.29 is 14.2 Å². The molecular formula is C14H20BrNO3. The van der Waals surface area contributed by atoms with Crippen molar-refractivity contribution in [3.63, 3.8) is 0 Å². The van der Waals surface area contributed by atoms with Crippen molar-refractivity contribution >= 4 is 15.9 Å². The first-order valence-corrected chi connectivity index (χ1v) is 7.21. The third-order valence-electron chi connectivity index (χ3n) is 3.49. The molecule has 0 aromatic heterocycles. The first-order chi connectivity index (χ1) is 9.21. The highest BCUT2D eigenvalue weighted by Crippen LogP contribution is 2.43. The Morgan fingerprint density at radius 2 is 1.95 bits per heavy atom. The minimum absolute atomic E-state index is 0.474. The molecule has 0 spiro atoms. The van der Waals surface area contributed by atoms with E-state index in [4.69, 9.17) is 14.2 Å². The maximum absolute atomic E-state index is 5.52. The molecule has 0 aliphatic carbocycles. The number of halogens is 1. The van der Waals surface area contributed by atoms with Crippen molar-refractivity contribution in [2.24, 2.45) is 0 Å². The molecule has 1 fully saturated rings. The van der Waals surface area contributed by atoms with E-state index >= 15 is 0 Å². The predicted molar refractivity (Wildman–Crippen MR) is 78.5 cm³/mol. The van der Waals surface area contributed by atoms with Gasteiger partial charge in [-0.2, -0.15) is 0 Å². The topological polar surface area (TPSA) is 39.7 Å². The number of ether oxygens (including phenoxy) is 3. The quantitative estimate of drug-likeness (QED) is 0.901. The summed E-state index contributed by atoms with van der Waals surface area (Å²) in [5.41, 5.74) is 1.05. The number of hydrogen-bond acceptors (Lipinski definition) is 4. The summed E-state index contributed by atoms with van der Waals surface area (Å²) >= 11 is 3.53. The van der Waals surface area contributed by atoms with Crippen molar-refractivity contribution in [3.8, 4) is 17.2 Å². The summed E-state index contributed by atoms with van der Waals surface area (Å²) in [4.78, 5) is 0. The smallest absolute Gasteiger partial charge is 0.167 e. The average Bonchev–Trinajstić information content (AvgIpc) is 2.91. The number of benzene rings is 1. The fourth-order valence-electron chi connectivity index (χ4n) is 2.60. The van der Waals surface area contributed by atoms with Crippen molar-refractivity contribution in [2.45, 2.75) is 25.3 Å². The van der Waals surface area contributed by atoms with Gasteiger partial charge in [0.15, 0.2) is 11.5 Å². The van der Waals surface area contributed by atoms with Gasteiger partial charge in [0.25, 0.3) is 0 Å². The lowest BCUT2D eigenvalue weighted by atomic mass is 10.0. The van der Waals surface area contributed by atoms with Gasteiger partial charge in [-0.15, -0.1) is 0 Å². The number of nitrogens with one attached hydrogen (secondary N) is 1. The Labute approximate surface area is 122 Å². The first-order valence-electron chi connectivity index (χ1n) is 6.42. The van der Waals surface area contributed by atoms with Crippen LogP contribution in [0, 0.1) is 0 Å². The standard InChI is InChI=1S/C14H20BrNO3/c1-17-12-8-11(15)13(18-2)10(14(12)19-3)7-9-5-4-6-16-9/h8-9,16H,4-7H2,1-3H3. The number of methoxy groups -OCH3 is 3. The van der Waals surface area contributed by atoms with Crippen molar-refractivity contribution in [1.82, 2.24) is 5.32 Å². The van der Waals surface area contributed by atoms with Crippen LogP contribution in [0.4, 0.5) is 0 Å². The molecule has 1 atom stereocenters. The normalized spacial score (nSPS) is 18.4. The Bertz CT molecular complexity index is 445. The first kappa shape index (κ1) is 14.5. The van der Waals surface area contributed by atoms with Gasteiger partial charge < -0.3 is 19.5 Å². The predicted octanol–water partition coefficient (Wildman–Crippen LogP) is 2.77. The molecule has 0 bridgehead atoms. The summed E-state index contributed by atoms with van der Waals surface area (Å²) in [7, 11) is 4.99. The Kier molecular flexibility index (Phi) is 4.93. The second-order valence-corrected chi connectivity index (χ2v) is 5.46. The molecule has 1 saturated heterocycles. The Morgan fingerprint density at radius 1 is 1.21 bits per heavy atom. The second kappa shape index (κ2) is 6.48. The van der Waals surface area contributed by atoms with Gasteiger partial charge in [0.1, 0.15) is 5.75 Å². The van der Waals surface area contributed by atoms with E-state index in [-0.39, 0.29) is 0 Å². The van der Waals surface area contributed by atoms with Crippen LogP contribution in [0.25, 0.3) is 0 Å². The Morgan fingerprint density at radius 3 is 2.47 bits per heavy atom. The van der Waals surface area contributed by atoms with E-state index in [0.29, 0.717) is 6.04 Å². The molecule has 1 N–H and O–H groups in total. The number of hydrogen-bond donors (Lipinski definition) is 1. The molecule has 0 radical (unpaired) electrons. The highest BCUT2D eigenvalue weighted by molar-refractivity contribution is 9.10. The molecule has 1 aromatic rings. The van der Waals surface area contributed by atoms with Crippen molar-refractivity contribution in [2.75, 3.05) is 27.9 Å². The molecule has 1 aromatic carbocycles. The molecule has 106 valence electrons. The van der Waals surface area contributed by atoms with E-state index in [2.05, 4.69) is 21.2 Å². The fourth-order valence-corrected chi connectivity index (χ4v) is 3.21. The van der Waals surface area contributed by atoms with E-state index in [1.54, 1.807) is 21.3 Å². The van der Waals surface area contributed by atoms with Crippen LogP contribution in [0.2, 0.25) is 0 Å². The maximum Gasteiger partial charge on any atom is 0.167 e. The molecule has 0 amide bonds. The maximum atomic E-state index is 5.52.